The molecule has 7 nitrogen and oxygen atoms in total. The average Bonchev–Trinajstić information content (AvgIpc) is 2.76. The maximum absolute atomic E-state index is 13.1. The number of halogens is 4. The van der Waals surface area contributed by atoms with Crippen molar-refractivity contribution in [3.63, 3.8) is 0 Å². The molecule has 2 aliphatic heterocycles. The minimum Gasteiger partial charge on any atom is -0.475 e. The Morgan fingerprint density at radius 1 is 1.16 bits per heavy atom. The molecule has 0 amide bonds. The molecule has 1 atom stereocenters. The molecule has 174 valence electrons. The van der Waals surface area contributed by atoms with E-state index in [1.807, 2.05) is 18.3 Å². The number of carbonyl (C=O) groups is 1. The van der Waals surface area contributed by atoms with Crippen molar-refractivity contribution in [2.45, 2.75) is 31.2 Å². The SMILES string of the molecule is Fc1ccc(CN2CCOC3(CCCN(c4cnccn4)C3)C2)cc1.O=C(O)C(F)(F)F. The second-order valence-electron chi connectivity index (χ2n) is 7.76. The molecule has 1 aromatic heterocycles. The third-order valence-corrected chi connectivity index (χ3v) is 5.30. The normalized spacial score (nSPS) is 21.7. The van der Waals surface area contributed by atoms with Crippen LogP contribution in [0.3, 0.4) is 0 Å². The molecule has 0 aliphatic carbocycles. The van der Waals surface area contributed by atoms with Gasteiger partial charge in [-0.05, 0) is 30.5 Å². The van der Waals surface area contributed by atoms with Crippen LogP contribution in [0.5, 0.6) is 0 Å². The first-order valence-corrected chi connectivity index (χ1v) is 10.1. The number of anilines is 1. The zero-order valence-corrected chi connectivity index (χ0v) is 17.3. The predicted molar refractivity (Wildman–Crippen MR) is 108 cm³/mol. The van der Waals surface area contributed by atoms with Crippen LogP contribution < -0.4 is 4.90 Å². The van der Waals surface area contributed by atoms with E-state index in [1.165, 1.54) is 12.1 Å². The fraction of sp³-hybridized carbons (Fsp3) is 0.476. The summed E-state index contributed by atoms with van der Waals surface area (Å²) < 4.78 is 51.1. The second kappa shape index (κ2) is 10.2. The number of carboxylic acids is 1. The van der Waals surface area contributed by atoms with Gasteiger partial charge in [0, 0.05) is 45.1 Å². The van der Waals surface area contributed by atoms with E-state index in [1.54, 1.807) is 12.4 Å². The Hall–Kier alpha value is -2.79. The van der Waals surface area contributed by atoms with Gasteiger partial charge in [-0.3, -0.25) is 9.88 Å². The molecular formula is C21H24F4N4O3. The summed E-state index contributed by atoms with van der Waals surface area (Å²) in [6, 6.07) is 6.79. The minimum atomic E-state index is -5.08. The second-order valence-corrected chi connectivity index (χ2v) is 7.76. The third-order valence-electron chi connectivity index (χ3n) is 5.30. The molecule has 1 spiro atoms. The standard InChI is InChI=1S/C19H23FN4O.C2HF3O2/c20-17-4-2-16(3-5-17)13-23-10-11-25-19(14-23)6-1-9-24(15-19)18-12-21-7-8-22-18;3-2(4,5)1(6)7/h2-5,7-8,12H,1,6,9-11,13-15H2;(H,6,7). The first-order valence-electron chi connectivity index (χ1n) is 10.1. The average molecular weight is 456 g/mol. The summed E-state index contributed by atoms with van der Waals surface area (Å²) >= 11 is 0. The lowest BCUT2D eigenvalue weighted by molar-refractivity contribution is -0.192. The monoisotopic (exact) mass is 456 g/mol. The van der Waals surface area contributed by atoms with Gasteiger partial charge in [0.1, 0.15) is 11.6 Å². The van der Waals surface area contributed by atoms with Crippen molar-refractivity contribution in [2.75, 3.05) is 37.7 Å². The van der Waals surface area contributed by atoms with Gasteiger partial charge in [0.05, 0.1) is 18.4 Å². The summed E-state index contributed by atoms with van der Waals surface area (Å²) in [6.07, 6.45) is 2.31. The van der Waals surface area contributed by atoms with Crippen LogP contribution >= 0.6 is 0 Å². The van der Waals surface area contributed by atoms with E-state index < -0.39 is 12.1 Å². The fourth-order valence-corrected chi connectivity index (χ4v) is 3.90. The van der Waals surface area contributed by atoms with Gasteiger partial charge in [-0.25, -0.2) is 14.2 Å². The van der Waals surface area contributed by atoms with Crippen molar-refractivity contribution >= 4 is 11.8 Å². The molecule has 3 heterocycles. The Kier molecular flexibility index (Phi) is 7.62. The van der Waals surface area contributed by atoms with E-state index in [0.29, 0.717) is 0 Å². The van der Waals surface area contributed by atoms with Crippen molar-refractivity contribution < 1.29 is 32.2 Å². The first-order chi connectivity index (χ1) is 15.2. The van der Waals surface area contributed by atoms with Gasteiger partial charge in [0.2, 0.25) is 0 Å². The van der Waals surface area contributed by atoms with Crippen LogP contribution in [0.25, 0.3) is 0 Å². The quantitative estimate of drug-likeness (QED) is 0.711. The molecule has 2 fully saturated rings. The highest BCUT2D eigenvalue weighted by atomic mass is 19.4. The number of hydrogen-bond donors (Lipinski definition) is 1. The van der Waals surface area contributed by atoms with Gasteiger partial charge in [-0.2, -0.15) is 13.2 Å². The Balaban J connectivity index is 0.000000360. The maximum Gasteiger partial charge on any atom is 0.490 e. The first kappa shape index (κ1) is 23.9. The number of aliphatic carboxylic acids is 1. The Labute approximate surface area is 182 Å². The van der Waals surface area contributed by atoms with Gasteiger partial charge in [-0.1, -0.05) is 12.1 Å². The Bertz CT molecular complexity index is 879. The van der Waals surface area contributed by atoms with Crippen molar-refractivity contribution in [3.8, 4) is 0 Å². The van der Waals surface area contributed by atoms with Crippen molar-refractivity contribution in [1.82, 2.24) is 14.9 Å². The lowest BCUT2D eigenvalue weighted by atomic mass is 9.90. The minimum absolute atomic E-state index is 0.159. The molecule has 2 aromatic rings. The number of alkyl halides is 3. The molecule has 4 rings (SSSR count). The lowest BCUT2D eigenvalue weighted by Crippen LogP contribution is -2.59. The zero-order valence-electron chi connectivity index (χ0n) is 17.3. The summed E-state index contributed by atoms with van der Waals surface area (Å²) in [5, 5.41) is 7.12. The number of ether oxygens (including phenoxy) is 1. The number of carboxylic acid groups (broad SMARTS) is 1. The van der Waals surface area contributed by atoms with Crippen molar-refractivity contribution in [1.29, 1.82) is 0 Å². The van der Waals surface area contributed by atoms with E-state index in [0.717, 1.165) is 63.6 Å². The van der Waals surface area contributed by atoms with E-state index in [-0.39, 0.29) is 11.4 Å². The van der Waals surface area contributed by atoms with Gasteiger partial charge in [0.15, 0.2) is 0 Å². The number of morpholine rings is 1. The number of rotatable bonds is 3. The summed E-state index contributed by atoms with van der Waals surface area (Å²) in [5.74, 6) is -2.03. The van der Waals surface area contributed by atoms with Crippen LogP contribution in [0, 0.1) is 5.82 Å². The predicted octanol–water partition coefficient (Wildman–Crippen LogP) is 3.12. The molecule has 0 radical (unpaired) electrons. The number of hydrogen-bond acceptors (Lipinski definition) is 6. The fourth-order valence-electron chi connectivity index (χ4n) is 3.90. The van der Waals surface area contributed by atoms with Crippen LogP contribution in [-0.2, 0) is 16.1 Å². The van der Waals surface area contributed by atoms with E-state index in [4.69, 9.17) is 14.6 Å². The van der Waals surface area contributed by atoms with E-state index in [2.05, 4.69) is 19.8 Å². The highest BCUT2D eigenvalue weighted by Crippen LogP contribution is 2.31. The van der Waals surface area contributed by atoms with Gasteiger partial charge < -0.3 is 14.7 Å². The number of aromatic nitrogens is 2. The largest absolute Gasteiger partial charge is 0.490 e. The zero-order chi connectivity index (χ0) is 23.2. The number of benzene rings is 1. The van der Waals surface area contributed by atoms with E-state index in [9.17, 15) is 17.6 Å². The smallest absolute Gasteiger partial charge is 0.475 e. The molecular weight excluding hydrogens is 432 g/mol. The molecule has 32 heavy (non-hydrogen) atoms. The molecule has 11 heteroatoms. The van der Waals surface area contributed by atoms with E-state index >= 15 is 0 Å². The number of piperidine rings is 1. The molecule has 2 saturated heterocycles. The van der Waals surface area contributed by atoms with Gasteiger partial charge in [-0.15, -0.1) is 0 Å². The van der Waals surface area contributed by atoms with Crippen LogP contribution in [0.15, 0.2) is 42.9 Å². The van der Waals surface area contributed by atoms with Crippen molar-refractivity contribution in [3.05, 3.63) is 54.2 Å². The summed E-state index contributed by atoms with van der Waals surface area (Å²) in [4.78, 5) is 22.2. The topological polar surface area (TPSA) is 78.8 Å². The van der Waals surface area contributed by atoms with Crippen LogP contribution in [-0.4, -0.2) is 70.5 Å². The lowest BCUT2D eigenvalue weighted by Gasteiger charge is -2.48. The van der Waals surface area contributed by atoms with Crippen molar-refractivity contribution in [2.24, 2.45) is 0 Å². The molecule has 1 aromatic carbocycles. The highest BCUT2D eigenvalue weighted by molar-refractivity contribution is 5.73. The Morgan fingerprint density at radius 2 is 1.88 bits per heavy atom. The molecule has 0 bridgehead atoms. The highest BCUT2D eigenvalue weighted by Gasteiger charge is 2.41. The molecule has 1 N–H and O–H groups in total. The number of nitrogens with zero attached hydrogens (tertiary/aromatic N) is 4. The molecule has 0 saturated carbocycles. The van der Waals surface area contributed by atoms with Gasteiger partial charge in [0.25, 0.3) is 0 Å². The molecule has 1 unspecified atom stereocenters. The van der Waals surface area contributed by atoms with Crippen LogP contribution in [0.2, 0.25) is 0 Å². The summed E-state index contributed by atoms with van der Waals surface area (Å²) in [5.41, 5.74) is 0.980. The van der Waals surface area contributed by atoms with Crippen LogP contribution in [0.1, 0.15) is 18.4 Å². The summed E-state index contributed by atoms with van der Waals surface area (Å²) in [6.45, 7) is 5.19. The molecule has 2 aliphatic rings. The third kappa shape index (κ3) is 6.60. The summed E-state index contributed by atoms with van der Waals surface area (Å²) in [7, 11) is 0. The van der Waals surface area contributed by atoms with Crippen LogP contribution in [0.4, 0.5) is 23.4 Å². The Morgan fingerprint density at radius 3 is 2.50 bits per heavy atom. The van der Waals surface area contributed by atoms with Gasteiger partial charge >= 0.3 is 12.1 Å². The maximum atomic E-state index is 13.1.